The zero-order valence-corrected chi connectivity index (χ0v) is 10.7. The Morgan fingerprint density at radius 3 is 2.67 bits per heavy atom. The zero-order chi connectivity index (χ0) is 13.5. The highest BCUT2D eigenvalue weighted by atomic mass is 16.4. The fraction of sp³-hybridized carbons (Fsp3) is 0.462. The van der Waals surface area contributed by atoms with Crippen LogP contribution in [0.25, 0.3) is 0 Å². The van der Waals surface area contributed by atoms with Crippen LogP contribution in [0.15, 0.2) is 18.3 Å². The number of pyridine rings is 1. The maximum Gasteiger partial charge on any atom is 0.305 e. The molecular formula is C13H18N2O3. The van der Waals surface area contributed by atoms with Crippen molar-refractivity contribution in [1.82, 2.24) is 4.98 Å². The highest BCUT2D eigenvalue weighted by molar-refractivity contribution is 5.93. The number of carbonyl (C=O) groups excluding carboxylic acids is 1. The number of carbonyl (C=O) groups is 2. The first kappa shape index (κ1) is 14.2. The van der Waals surface area contributed by atoms with E-state index in [9.17, 15) is 9.59 Å². The second-order valence-corrected chi connectivity index (χ2v) is 4.08. The molecule has 0 unspecified atom stereocenters. The van der Waals surface area contributed by atoms with Crippen molar-refractivity contribution in [2.75, 3.05) is 11.4 Å². The van der Waals surface area contributed by atoms with Crippen molar-refractivity contribution < 1.29 is 14.7 Å². The van der Waals surface area contributed by atoms with Crippen LogP contribution in [-0.2, 0) is 9.59 Å². The molecular weight excluding hydrogens is 232 g/mol. The van der Waals surface area contributed by atoms with Gasteiger partial charge >= 0.3 is 5.97 Å². The number of aryl methyl sites for hydroxylation is 1. The van der Waals surface area contributed by atoms with E-state index in [1.807, 2.05) is 19.9 Å². The SMILES string of the molecule is CCCC(=O)N(CCC(=O)O)c1ncccc1C. The third-order valence-corrected chi connectivity index (χ3v) is 2.55. The fourth-order valence-corrected chi connectivity index (χ4v) is 1.66. The smallest absolute Gasteiger partial charge is 0.305 e. The van der Waals surface area contributed by atoms with Crippen LogP contribution in [0, 0.1) is 6.92 Å². The summed E-state index contributed by atoms with van der Waals surface area (Å²) < 4.78 is 0. The van der Waals surface area contributed by atoms with Gasteiger partial charge in [0, 0.05) is 19.2 Å². The van der Waals surface area contributed by atoms with Gasteiger partial charge in [-0.15, -0.1) is 0 Å². The van der Waals surface area contributed by atoms with Crippen LogP contribution < -0.4 is 4.90 Å². The summed E-state index contributed by atoms with van der Waals surface area (Å²) >= 11 is 0. The summed E-state index contributed by atoms with van der Waals surface area (Å²) in [6.07, 6.45) is 2.66. The number of carboxylic acids is 1. The predicted octanol–water partition coefficient (Wildman–Crippen LogP) is 2.00. The van der Waals surface area contributed by atoms with E-state index < -0.39 is 5.97 Å². The van der Waals surface area contributed by atoms with Gasteiger partial charge in [-0.3, -0.25) is 14.5 Å². The number of hydrogen-bond acceptors (Lipinski definition) is 3. The summed E-state index contributed by atoms with van der Waals surface area (Å²) in [6.45, 7) is 3.93. The lowest BCUT2D eigenvalue weighted by molar-refractivity contribution is -0.136. The number of aromatic nitrogens is 1. The van der Waals surface area contributed by atoms with E-state index in [-0.39, 0.29) is 18.9 Å². The molecule has 1 heterocycles. The second kappa shape index (κ2) is 6.74. The Balaban J connectivity index is 2.93. The molecule has 0 aliphatic carbocycles. The molecule has 0 atom stereocenters. The third-order valence-electron chi connectivity index (χ3n) is 2.55. The van der Waals surface area contributed by atoms with E-state index in [1.165, 1.54) is 4.90 Å². The molecule has 0 aliphatic heterocycles. The van der Waals surface area contributed by atoms with Crippen LogP contribution in [0.1, 0.15) is 31.7 Å². The van der Waals surface area contributed by atoms with Crippen molar-refractivity contribution in [1.29, 1.82) is 0 Å². The van der Waals surface area contributed by atoms with Gasteiger partial charge in [0.25, 0.3) is 0 Å². The Hall–Kier alpha value is -1.91. The second-order valence-electron chi connectivity index (χ2n) is 4.08. The molecule has 1 amide bonds. The highest BCUT2D eigenvalue weighted by Gasteiger charge is 2.18. The van der Waals surface area contributed by atoms with Gasteiger partial charge in [0.2, 0.25) is 5.91 Å². The van der Waals surface area contributed by atoms with Gasteiger partial charge in [-0.05, 0) is 25.0 Å². The first-order valence-corrected chi connectivity index (χ1v) is 6.00. The minimum atomic E-state index is -0.919. The molecule has 0 spiro atoms. The van der Waals surface area contributed by atoms with E-state index in [4.69, 9.17) is 5.11 Å². The van der Waals surface area contributed by atoms with Crippen LogP contribution in [0.3, 0.4) is 0 Å². The Labute approximate surface area is 106 Å². The molecule has 1 rings (SSSR count). The van der Waals surface area contributed by atoms with Gasteiger partial charge in [-0.1, -0.05) is 13.0 Å². The van der Waals surface area contributed by atoms with Crippen molar-refractivity contribution in [2.45, 2.75) is 33.1 Å². The molecule has 5 nitrogen and oxygen atoms in total. The molecule has 5 heteroatoms. The summed E-state index contributed by atoms with van der Waals surface area (Å²) in [6, 6.07) is 3.65. The molecule has 0 saturated heterocycles. The molecule has 18 heavy (non-hydrogen) atoms. The number of aliphatic carboxylic acids is 1. The van der Waals surface area contributed by atoms with Gasteiger partial charge in [0.05, 0.1) is 6.42 Å². The predicted molar refractivity (Wildman–Crippen MR) is 68.5 cm³/mol. The molecule has 1 aromatic heterocycles. The number of carboxylic acid groups (broad SMARTS) is 1. The summed E-state index contributed by atoms with van der Waals surface area (Å²) in [4.78, 5) is 28.3. The summed E-state index contributed by atoms with van der Waals surface area (Å²) in [7, 11) is 0. The highest BCUT2D eigenvalue weighted by Crippen LogP contribution is 2.17. The van der Waals surface area contributed by atoms with Crippen molar-refractivity contribution >= 4 is 17.7 Å². The van der Waals surface area contributed by atoms with Gasteiger partial charge in [0.15, 0.2) is 0 Å². The molecule has 0 bridgehead atoms. The average molecular weight is 250 g/mol. The molecule has 0 radical (unpaired) electrons. The maximum atomic E-state index is 12.0. The molecule has 0 saturated carbocycles. The van der Waals surface area contributed by atoms with E-state index in [0.717, 1.165) is 12.0 Å². The first-order chi connectivity index (χ1) is 8.56. The Bertz CT molecular complexity index is 432. The van der Waals surface area contributed by atoms with E-state index in [0.29, 0.717) is 12.2 Å². The zero-order valence-electron chi connectivity index (χ0n) is 10.7. The number of nitrogens with zero attached hydrogens (tertiary/aromatic N) is 2. The lowest BCUT2D eigenvalue weighted by atomic mass is 10.2. The number of rotatable bonds is 6. The summed E-state index contributed by atoms with van der Waals surface area (Å²) in [5, 5.41) is 8.73. The van der Waals surface area contributed by atoms with E-state index in [1.54, 1.807) is 12.3 Å². The molecule has 0 aliphatic rings. The van der Waals surface area contributed by atoms with Crippen molar-refractivity contribution in [3.8, 4) is 0 Å². The van der Waals surface area contributed by atoms with Gasteiger partial charge in [-0.2, -0.15) is 0 Å². The summed E-state index contributed by atoms with van der Waals surface area (Å²) in [5.74, 6) is -0.448. The normalized spacial score (nSPS) is 10.1. The number of anilines is 1. The summed E-state index contributed by atoms with van der Waals surface area (Å²) in [5.41, 5.74) is 0.868. The van der Waals surface area contributed by atoms with Gasteiger partial charge in [0.1, 0.15) is 5.82 Å². The van der Waals surface area contributed by atoms with Crippen LogP contribution in [-0.4, -0.2) is 28.5 Å². The lowest BCUT2D eigenvalue weighted by Crippen LogP contribution is -2.34. The molecule has 0 fully saturated rings. The molecule has 98 valence electrons. The van der Waals surface area contributed by atoms with Crippen molar-refractivity contribution in [2.24, 2.45) is 0 Å². The molecule has 0 aromatic carbocycles. The van der Waals surface area contributed by atoms with Gasteiger partial charge < -0.3 is 5.11 Å². The quantitative estimate of drug-likeness (QED) is 0.838. The largest absolute Gasteiger partial charge is 0.481 e. The van der Waals surface area contributed by atoms with Crippen LogP contribution in [0.2, 0.25) is 0 Å². The van der Waals surface area contributed by atoms with E-state index in [2.05, 4.69) is 4.98 Å². The Kier molecular flexibility index (Phi) is 5.30. The monoisotopic (exact) mass is 250 g/mol. The standard InChI is InChI=1S/C13H18N2O3/c1-3-5-11(16)15(9-7-12(17)18)13-10(2)6-4-8-14-13/h4,6,8H,3,5,7,9H2,1-2H3,(H,17,18). The van der Waals surface area contributed by atoms with Crippen LogP contribution in [0.4, 0.5) is 5.82 Å². The number of amides is 1. The van der Waals surface area contributed by atoms with Crippen molar-refractivity contribution in [3.05, 3.63) is 23.9 Å². The topological polar surface area (TPSA) is 70.5 Å². The van der Waals surface area contributed by atoms with Gasteiger partial charge in [-0.25, -0.2) is 4.98 Å². The molecule has 1 aromatic rings. The van der Waals surface area contributed by atoms with E-state index >= 15 is 0 Å². The Morgan fingerprint density at radius 2 is 2.11 bits per heavy atom. The van der Waals surface area contributed by atoms with Crippen LogP contribution >= 0.6 is 0 Å². The Morgan fingerprint density at radius 1 is 1.39 bits per heavy atom. The average Bonchev–Trinajstić information content (AvgIpc) is 2.31. The first-order valence-electron chi connectivity index (χ1n) is 6.00. The minimum Gasteiger partial charge on any atom is -0.481 e. The number of hydrogen-bond donors (Lipinski definition) is 1. The van der Waals surface area contributed by atoms with Crippen molar-refractivity contribution in [3.63, 3.8) is 0 Å². The minimum absolute atomic E-state index is 0.0779. The fourth-order valence-electron chi connectivity index (χ4n) is 1.66. The molecule has 1 N–H and O–H groups in total. The third kappa shape index (κ3) is 3.84. The lowest BCUT2D eigenvalue weighted by Gasteiger charge is -2.22. The maximum absolute atomic E-state index is 12.0. The van der Waals surface area contributed by atoms with Crippen LogP contribution in [0.5, 0.6) is 0 Å².